The zero-order chi connectivity index (χ0) is 14.5. The van der Waals surface area contributed by atoms with Crippen LogP contribution in [0.2, 0.25) is 0 Å². The molecule has 4 heteroatoms. The summed E-state index contributed by atoms with van der Waals surface area (Å²) in [5.41, 5.74) is 1.20. The zero-order valence-corrected chi connectivity index (χ0v) is 14.2. The van der Waals surface area contributed by atoms with E-state index in [0.29, 0.717) is 6.04 Å². The van der Waals surface area contributed by atoms with Crippen LogP contribution >= 0.6 is 11.3 Å². The molecule has 1 aliphatic carbocycles. The molecule has 114 valence electrons. The van der Waals surface area contributed by atoms with Crippen LogP contribution in [-0.2, 0) is 0 Å². The lowest BCUT2D eigenvalue weighted by atomic mass is 9.85. The largest absolute Gasteiger partial charge is 0.348 e. The van der Waals surface area contributed by atoms with E-state index in [-0.39, 0.29) is 0 Å². The molecule has 1 heterocycles. The van der Waals surface area contributed by atoms with Crippen LogP contribution in [0.5, 0.6) is 0 Å². The zero-order valence-electron chi connectivity index (χ0n) is 13.4. The molecule has 1 N–H and O–H groups in total. The first-order valence-corrected chi connectivity index (χ1v) is 8.93. The standard InChI is InChI=1S/C16H29N3S/c1-5-10-17-12(3)15-13(4)18-16(20-15)19(6-2)11-14-8-7-9-14/h12,14,17H,5-11H2,1-4H3. The lowest BCUT2D eigenvalue weighted by Gasteiger charge is -2.31. The van der Waals surface area contributed by atoms with Crippen molar-refractivity contribution >= 4 is 16.5 Å². The predicted octanol–water partition coefficient (Wildman–Crippen LogP) is 4.14. The second-order valence-corrected chi connectivity index (χ2v) is 6.97. The first-order chi connectivity index (χ1) is 9.65. The molecule has 0 radical (unpaired) electrons. The second-order valence-electron chi connectivity index (χ2n) is 5.96. The van der Waals surface area contributed by atoms with Gasteiger partial charge in [-0.3, -0.25) is 0 Å². The van der Waals surface area contributed by atoms with Crippen LogP contribution in [0, 0.1) is 12.8 Å². The van der Waals surface area contributed by atoms with Crippen LogP contribution in [0.1, 0.15) is 63.1 Å². The summed E-state index contributed by atoms with van der Waals surface area (Å²) in [5.74, 6) is 0.901. The van der Waals surface area contributed by atoms with Gasteiger partial charge in [-0.15, -0.1) is 11.3 Å². The summed E-state index contributed by atoms with van der Waals surface area (Å²) < 4.78 is 0. The highest BCUT2D eigenvalue weighted by Gasteiger charge is 2.23. The molecule has 1 aromatic rings. The van der Waals surface area contributed by atoms with Gasteiger partial charge < -0.3 is 10.2 Å². The molecule has 1 atom stereocenters. The number of anilines is 1. The molecule has 0 saturated heterocycles. The maximum Gasteiger partial charge on any atom is 0.185 e. The fraction of sp³-hybridized carbons (Fsp3) is 0.812. The molecule has 0 spiro atoms. The van der Waals surface area contributed by atoms with E-state index in [0.717, 1.165) is 19.0 Å². The average Bonchev–Trinajstić information content (AvgIpc) is 2.77. The number of thiazole rings is 1. The Morgan fingerprint density at radius 3 is 2.70 bits per heavy atom. The Kier molecular flexibility index (Phi) is 5.85. The normalized spacial score (nSPS) is 17.0. The smallest absolute Gasteiger partial charge is 0.185 e. The third kappa shape index (κ3) is 3.73. The summed E-state index contributed by atoms with van der Waals surface area (Å²) in [4.78, 5) is 8.70. The summed E-state index contributed by atoms with van der Waals surface area (Å²) in [5, 5.41) is 4.79. The van der Waals surface area contributed by atoms with E-state index in [1.54, 1.807) is 0 Å². The molecule has 1 unspecified atom stereocenters. The van der Waals surface area contributed by atoms with Gasteiger partial charge in [-0.25, -0.2) is 4.98 Å². The fourth-order valence-corrected chi connectivity index (χ4v) is 3.88. The van der Waals surface area contributed by atoms with Crippen molar-refractivity contribution in [1.29, 1.82) is 0 Å². The average molecular weight is 295 g/mol. The number of hydrogen-bond donors (Lipinski definition) is 1. The molecule has 1 fully saturated rings. The van der Waals surface area contributed by atoms with E-state index < -0.39 is 0 Å². The second kappa shape index (κ2) is 7.41. The van der Waals surface area contributed by atoms with Gasteiger partial charge in [0.25, 0.3) is 0 Å². The van der Waals surface area contributed by atoms with E-state index >= 15 is 0 Å². The minimum absolute atomic E-state index is 0.420. The topological polar surface area (TPSA) is 28.2 Å². The summed E-state index contributed by atoms with van der Waals surface area (Å²) in [6.07, 6.45) is 5.41. The Morgan fingerprint density at radius 1 is 1.40 bits per heavy atom. The molecule has 3 nitrogen and oxygen atoms in total. The number of nitrogens with one attached hydrogen (secondary N) is 1. The monoisotopic (exact) mass is 295 g/mol. The van der Waals surface area contributed by atoms with Crippen molar-refractivity contribution in [2.75, 3.05) is 24.5 Å². The van der Waals surface area contributed by atoms with Crippen LogP contribution < -0.4 is 10.2 Å². The number of aromatic nitrogens is 1. The maximum absolute atomic E-state index is 4.83. The van der Waals surface area contributed by atoms with Gasteiger partial charge in [0.2, 0.25) is 0 Å². The van der Waals surface area contributed by atoms with Crippen LogP contribution in [0.3, 0.4) is 0 Å². The summed E-state index contributed by atoms with van der Waals surface area (Å²) >= 11 is 1.88. The molecular formula is C16H29N3S. The third-order valence-electron chi connectivity index (χ3n) is 4.27. The van der Waals surface area contributed by atoms with Crippen molar-refractivity contribution in [2.24, 2.45) is 5.92 Å². The van der Waals surface area contributed by atoms with Gasteiger partial charge in [0.05, 0.1) is 5.69 Å². The molecule has 1 aromatic heterocycles. The van der Waals surface area contributed by atoms with Crippen LogP contribution in [0.25, 0.3) is 0 Å². The molecule has 1 saturated carbocycles. The van der Waals surface area contributed by atoms with Gasteiger partial charge in [0, 0.05) is 24.0 Å². The Morgan fingerprint density at radius 2 is 2.15 bits per heavy atom. The van der Waals surface area contributed by atoms with Crippen molar-refractivity contribution < 1.29 is 0 Å². The SMILES string of the molecule is CCCNC(C)c1sc(N(CC)CC2CCC2)nc1C. The van der Waals surface area contributed by atoms with Crippen LogP contribution in [-0.4, -0.2) is 24.6 Å². The Labute approximate surface area is 127 Å². The maximum atomic E-state index is 4.83. The van der Waals surface area contributed by atoms with Crippen molar-refractivity contribution in [3.63, 3.8) is 0 Å². The molecule has 20 heavy (non-hydrogen) atoms. The van der Waals surface area contributed by atoms with E-state index in [4.69, 9.17) is 4.98 Å². The van der Waals surface area contributed by atoms with Crippen LogP contribution in [0.4, 0.5) is 5.13 Å². The van der Waals surface area contributed by atoms with Gasteiger partial charge in [0.15, 0.2) is 5.13 Å². The third-order valence-corrected chi connectivity index (χ3v) is 5.67. The predicted molar refractivity (Wildman–Crippen MR) is 88.8 cm³/mol. The van der Waals surface area contributed by atoms with Gasteiger partial charge in [-0.1, -0.05) is 13.3 Å². The van der Waals surface area contributed by atoms with Crippen molar-refractivity contribution in [2.45, 2.75) is 59.4 Å². The van der Waals surface area contributed by atoms with Crippen molar-refractivity contribution in [1.82, 2.24) is 10.3 Å². The summed E-state index contributed by atoms with van der Waals surface area (Å²) in [6.45, 7) is 12.2. The number of hydrogen-bond acceptors (Lipinski definition) is 4. The summed E-state index contributed by atoms with van der Waals surface area (Å²) in [7, 11) is 0. The lowest BCUT2D eigenvalue weighted by molar-refractivity contribution is 0.318. The number of rotatable bonds is 8. The molecule has 1 aliphatic rings. The highest BCUT2D eigenvalue weighted by Crippen LogP contribution is 2.33. The molecule has 0 amide bonds. The molecule has 0 bridgehead atoms. The molecule has 2 rings (SSSR count). The lowest BCUT2D eigenvalue weighted by Crippen LogP contribution is -2.32. The summed E-state index contributed by atoms with van der Waals surface area (Å²) in [6, 6.07) is 0.420. The van der Waals surface area contributed by atoms with Crippen molar-refractivity contribution in [3.05, 3.63) is 10.6 Å². The van der Waals surface area contributed by atoms with Crippen LogP contribution in [0.15, 0.2) is 0 Å². The van der Waals surface area contributed by atoms with Crippen molar-refractivity contribution in [3.8, 4) is 0 Å². The van der Waals surface area contributed by atoms with Gasteiger partial charge in [-0.2, -0.15) is 0 Å². The minimum Gasteiger partial charge on any atom is -0.348 e. The van der Waals surface area contributed by atoms with Gasteiger partial charge in [0.1, 0.15) is 0 Å². The van der Waals surface area contributed by atoms with Gasteiger partial charge in [-0.05, 0) is 52.5 Å². The Hall–Kier alpha value is -0.610. The van der Waals surface area contributed by atoms with E-state index in [1.165, 1.54) is 47.9 Å². The highest BCUT2D eigenvalue weighted by molar-refractivity contribution is 7.15. The van der Waals surface area contributed by atoms with E-state index in [2.05, 4.69) is 37.9 Å². The quantitative estimate of drug-likeness (QED) is 0.781. The van der Waals surface area contributed by atoms with Gasteiger partial charge >= 0.3 is 0 Å². The molecular weight excluding hydrogens is 266 g/mol. The Balaban J connectivity index is 2.03. The number of nitrogens with zero attached hydrogens (tertiary/aromatic N) is 2. The fourth-order valence-electron chi connectivity index (χ4n) is 2.71. The highest BCUT2D eigenvalue weighted by atomic mass is 32.1. The minimum atomic E-state index is 0.420. The molecule has 0 aliphatic heterocycles. The van der Waals surface area contributed by atoms with E-state index in [9.17, 15) is 0 Å². The Bertz CT molecular complexity index is 412. The first-order valence-electron chi connectivity index (χ1n) is 8.11. The van der Waals surface area contributed by atoms with E-state index in [1.807, 2.05) is 11.3 Å². The first kappa shape index (κ1) is 15.8. The number of aryl methyl sites for hydroxylation is 1. The molecule has 0 aromatic carbocycles.